The second kappa shape index (κ2) is 6.57. The molecule has 128 valence electrons. The summed E-state index contributed by atoms with van der Waals surface area (Å²) in [6, 6.07) is 4.40. The van der Waals surface area contributed by atoms with Crippen LogP contribution in [0.3, 0.4) is 0 Å². The minimum absolute atomic E-state index is 0.358. The molecule has 2 unspecified atom stereocenters. The molecule has 0 saturated carbocycles. The molecule has 5 nitrogen and oxygen atoms in total. The van der Waals surface area contributed by atoms with Crippen molar-refractivity contribution in [3.8, 4) is 5.69 Å². The van der Waals surface area contributed by atoms with Gasteiger partial charge in [0.15, 0.2) is 5.60 Å². The SMILES string of the molecule is Cc1cnn(-c2ccc(C(C)NC(=O)C3(O)CCSC3)cc2F)c1. The van der Waals surface area contributed by atoms with Crippen molar-refractivity contribution in [1.82, 2.24) is 15.1 Å². The number of hydrogen-bond acceptors (Lipinski definition) is 4. The van der Waals surface area contributed by atoms with Crippen LogP contribution in [0.25, 0.3) is 5.69 Å². The number of rotatable bonds is 4. The highest BCUT2D eigenvalue weighted by Gasteiger charge is 2.39. The lowest BCUT2D eigenvalue weighted by Crippen LogP contribution is -2.47. The van der Waals surface area contributed by atoms with Gasteiger partial charge in [-0.2, -0.15) is 16.9 Å². The zero-order valence-electron chi connectivity index (χ0n) is 13.6. The van der Waals surface area contributed by atoms with Crippen LogP contribution in [0.2, 0.25) is 0 Å². The van der Waals surface area contributed by atoms with Gasteiger partial charge in [-0.25, -0.2) is 9.07 Å². The Kier molecular flexibility index (Phi) is 4.64. The highest BCUT2D eigenvalue weighted by molar-refractivity contribution is 7.99. The van der Waals surface area contributed by atoms with Crippen LogP contribution in [0, 0.1) is 12.7 Å². The van der Waals surface area contributed by atoms with E-state index in [4.69, 9.17) is 0 Å². The predicted octanol–water partition coefficient (Wildman–Crippen LogP) is 2.37. The van der Waals surface area contributed by atoms with E-state index in [0.717, 1.165) is 11.3 Å². The fourth-order valence-corrected chi connectivity index (χ4v) is 3.91. The molecular weight excluding hydrogens is 329 g/mol. The van der Waals surface area contributed by atoms with E-state index in [2.05, 4.69) is 10.4 Å². The molecule has 2 atom stereocenters. The molecular formula is C17H20FN3O2S. The zero-order valence-corrected chi connectivity index (χ0v) is 14.4. The van der Waals surface area contributed by atoms with E-state index in [1.54, 1.807) is 43.2 Å². The van der Waals surface area contributed by atoms with Crippen LogP contribution < -0.4 is 5.32 Å². The van der Waals surface area contributed by atoms with Gasteiger partial charge in [-0.1, -0.05) is 6.07 Å². The van der Waals surface area contributed by atoms with Crippen LogP contribution >= 0.6 is 11.8 Å². The number of carbonyl (C=O) groups is 1. The summed E-state index contributed by atoms with van der Waals surface area (Å²) < 4.78 is 15.9. The lowest BCUT2D eigenvalue weighted by molar-refractivity contribution is -0.137. The lowest BCUT2D eigenvalue weighted by atomic mass is 10.0. The predicted molar refractivity (Wildman–Crippen MR) is 91.7 cm³/mol. The van der Waals surface area contributed by atoms with E-state index in [9.17, 15) is 14.3 Å². The summed E-state index contributed by atoms with van der Waals surface area (Å²) in [5.41, 5.74) is 0.630. The maximum atomic E-state index is 14.4. The topological polar surface area (TPSA) is 67.2 Å². The van der Waals surface area contributed by atoms with E-state index in [1.165, 1.54) is 10.7 Å². The summed E-state index contributed by atoms with van der Waals surface area (Å²) in [6.45, 7) is 3.66. The van der Waals surface area contributed by atoms with Crippen molar-refractivity contribution < 1.29 is 14.3 Å². The third-order valence-corrected chi connectivity index (χ3v) is 5.38. The fraction of sp³-hybridized carbons (Fsp3) is 0.412. The van der Waals surface area contributed by atoms with E-state index in [0.29, 0.717) is 23.4 Å². The Morgan fingerprint density at radius 1 is 1.54 bits per heavy atom. The first-order valence-corrected chi connectivity index (χ1v) is 8.97. The first kappa shape index (κ1) is 17.0. The number of carbonyl (C=O) groups excluding carboxylic acids is 1. The molecule has 1 aromatic heterocycles. The highest BCUT2D eigenvalue weighted by Crippen LogP contribution is 2.29. The van der Waals surface area contributed by atoms with Crippen molar-refractivity contribution in [2.75, 3.05) is 11.5 Å². The number of halogens is 1. The van der Waals surface area contributed by atoms with Crippen LogP contribution in [0.1, 0.15) is 30.5 Å². The first-order valence-electron chi connectivity index (χ1n) is 7.81. The molecule has 1 fully saturated rings. The lowest BCUT2D eigenvalue weighted by Gasteiger charge is -2.23. The Morgan fingerprint density at radius 3 is 2.92 bits per heavy atom. The van der Waals surface area contributed by atoms with Gasteiger partial charge in [0.25, 0.3) is 5.91 Å². The van der Waals surface area contributed by atoms with Crippen molar-refractivity contribution in [2.24, 2.45) is 0 Å². The van der Waals surface area contributed by atoms with Crippen LogP contribution in [-0.2, 0) is 4.79 Å². The summed E-state index contributed by atoms with van der Waals surface area (Å²) in [6.07, 6.45) is 3.86. The van der Waals surface area contributed by atoms with Gasteiger partial charge in [0.05, 0.1) is 12.2 Å². The van der Waals surface area contributed by atoms with Gasteiger partial charge in [0.2, 0.25) is 0 Å². The third-order valence-electron chi connectivity index (χ3n) is 4.20. The van der Waals surface area contributed by atoms with Crippen LogP contribution in [0.5, 0.6) is 0 Å². The van der Waals surface area contributed by atoms with Crippen LogP contribution in [0.15, 0.2) is 30.6 Å². The molecule has 1 amide bonds. The van der Waals surface area contributed by atoms with Crippen molar-refractivity contribution in [2.45, 2.75) is 31.9 Å². The smallest absolute Gasteiger partial charge is 0.253 e. The van der Waals surface area contributed by atoms with Gasteiger partial charge in [-0.3, -0.25) is 4.79 Å². The van der Waals surface area contributed by atoms with Gasteiger partial charge in [-0.05, 0) is 49.3 Å². The second-order valence-corrected chi connectivity index (χ2v) is 7.31. The average molecular weight is 349 g/mol. The maximum Gasteiger partial charge on any atom is 0.253 e. The number of hydrogen-bond donors (Lipinski definition) is 2. The maximum absolute atomic E-state index is 14.4. The number of amides is 1. The molecule has 24 heavy (non-hydrogen) atoms. The molecule has 2 aromatic rings. The molecule has 0 bridgehead atoms. The number of aromatic nitrogens is 2. The normalized spacial score (nSPS) is 21.7. The standard InChI is InChI=1S/C17H20FN3O2S/c1-11-8-19-21(9-11)15-4-3-13(7-14(15)18)12(2)20-16(22)17(23)5-6-24-10-17/h3-4,7-9,12,23H,5-6,10H2,1-2H3,(H,20,22). The quantitative estimate of drug-likeness (QED) is 0.889. The van der Waals surface area contributed by atoms with Gasteiger partial charge in [-0.15, -0.1) is 0 Å². The summed E-state index contributed by atoms with van der Waals surface area (Å²) >= 11 is 1.56. The number of thioether (sulfide) groups is 1. The van der Waals surface area contributed by atoms with Gasteiger partial charge >= 0.3 is 0 Å². The second-order valence-electron chi connectivity index (χ2n) is 6.20. The molecule has 0 spiro atoms. The van der Waals surface area contributed by atoms with Crippen molar-refractivity contribution in [3.05, 3.63) is 47.5 Å². The summed E-state index contributed by atoms with van der Waals surface area (Å²) in [4.78, 5) is 12.2. The first-order chi connectivity index (χ1) is 11.4. The molecule has 1 saturated heterocycles. The summed E-state index contributed by atoms with van der Waals surface area (Å²) in [7, 11) is 0. The Bertz CT molecular complexity index is 756. The van der Waals surface area contributed by atoms with E-state index < -0.39 is 23.4 Å². The van der Waals surface area contributed by atoms with E-state index in [-0.39, 0.29) is 0 Å². The monoisotopic (exact) mass is 349 g/mol. The molecule has 0 aliphatic carbocycles. The minimum atomic E-state index is -1.32. The van der Waals surface area contributed by atoms with Crippen molar-refractivity contribution in [1.29, 1.82) is 0 Å². The van der Waals surface area contributed by atoms with Gasteiger partial charge < -0.3 is 10.4 Å². The third kappa shape index (κ3) is 3.32. The van der Waals surface area contributed by atoms with Gasteiger partial charge in [0, 0.05) is 11.9 Å². The number of nitrogens with zero attached hydrogens (tertiary/aromatic N) is 2. The average Bonchev–Trinajstić information content (AvgIpc) is 3.16. The number of benzene rings is 1. The van der Waals surface area contributed by atoms with E-state index >= 15 is 0 Å². The molecule has 7 heteroatoms. The largest absolute Gasteiger partial charge is 0.379 e. The Hall–Kier alpha value is -1.86. The van der Waals surface area contributed by atoms with Crippen molar-refractivity contribution >= 4 is 17.7 Å². The Balaban J connectivity index is 1.75. The van der Waals surface area contributed by atoms with Crippen LogP contribution in [-0.4, -0.2) is 37.9 Å². The fourth-order valence-electron chi connectivity index (χ4n) is 2.67. The molecule has 1 aliphatic rings. The van der Waals surface area contributed by atoms with Crippen LogP contribution in [0.4, 0.5) is 4.39 Å². The highest BCUT2D eigenvalue weighted by atomic mass is 32.2. The number of aryl methyl sites for hydroxylation is 1. The summed E-state index contributed by atoms with van der Waals surface area (Å²) in [5, 5.41) is 17.2. The van der Waals surface area contributed by atoms with E-state index in [1.807, 2.05) is 6.92 Å². The molecule has 3 rings (SSSR count). The number of aliphatic hydroxyl groups is 1. The molecule has 2 heterocycles. The minimum Gasteiger partial charge on any atom is -0.379 e. The Morgan fingerprint density at radius 2 is 2.33 bits per heavy atom. The molecule has 1 aliphatic heterocycles. The zero-order chi connectivity index (χ0) is 17.3. The summed E-state index contributed by atoms with van der Waals surface area (Å²) in [5.74, 6) is 0.363. The molecule has 0 radical (unpaired) electrons. The Labute approximate surface area is 144 Å². The molecule has 2 N–H and O–H groups in total. The van der Waals surface area contributed by atoms with Gasteiger partial charge in [0.1, 0.15) is 11.5 Å². The number of nitrogens with one attached hydrogen (secondary N) is 1. The molecule has 1 aromatic carbocycles. The van der Waals surface area contributed by atoms with Crippen molar-refractivity contribution in [3.63, 3.8) is 0 Å².